The molecule has 0 saturated carbocycles. The zero-order chi connectivity index (χ0) is 18.8. The fourth-order valence-corrected chi connectivity index (χ4v) is 3.25. The molecule has 1 saturated heterocycles. The number of rotatable bonds is 7. The Morgan fingerprint density at radius 3 is 2.38 bits per heavy atom. The number of amides is 2. The van der Waals surface area contributed by atoms with Gasteiger partial charge in [0.2, 0.25) is 11.8 Å². The topological polar surface area (TPSA) is 88.2 Å². The molecule has 26 heavy (non-hydrogen) atoms. The molecule has 2 rings (SSSR count). The smallest absolute Gasteiger partial charge is 0.227 e. The summed E-state index contributed by atoms with van der Waals surface area (Å²) < 4.78 is 0. The number of piperidine rings is 1. The molecule has 6 heteroatoms. The third kappa shape index (κ3) is 5.60. The van der Waals surface area contributed by atoms with Crippen molar-refractivity contribution in [2.45, 2.75) is 32.1 Å². The van der Waals surface area contributed by atoms with Crippen molar-refractivity contribution >= 4 is 11.8 Å². The van der Waals surface area contributed by atoms with Gasteiger partial charge in [-0.1, -0.05) is 30.3 Å². The van der Waals surface area contributed by atoms with Crippen LogP contribution in [0.3, 0.4) is 0 Å². The van der Waals surface area contributed by atoms with E-state index in [-0.39, 0.29) is 30.6 Å². The van der Waals surface area contributed by atoms with Gasteiger partial charge in [0, 0.05) is 26.2 Å². The first-order valence-corrected chi connectivity index (χ1v) is 9.00. The highest BCUT2D eigenvalue weighted by Crippen LogP contribution is 2.20. The summed E-state index contributed by atoms with van der Waals surface area (Å²) >= 11 is 0. The lowest BCUT2D eigenvalue weighted by Gasteiger charge is -2.35. The number of benzene rings is 1. The van der Waals surface area contributed by atoms with Crippen LogP contribution >= 0.6 is 0 Å². The van der Waals surface area contributed by atoms with Crippen molar-refractivity contribution in [3.63, 3.8) is 0 Å². The van der Waals surface area contributed by atoms with E-state index in [9.17, 15) is 9.59 Å². The van der Waals surface area contributed by atoms with Gasteiger partial charge in [0.25, 0.3) is 0 Å². The molecule has 1 aromatic rings. The van der Waals surface area contributed by atoms with Crippen LogP contribution in [0.2, 0.25) is 0 Å². The Kier molecular flexibility index (Phi) is 7.64. The maximum absolute atomic E-state index is 12.8. The van der Waals surface area contributed by atoms with Gasteiger partial charge in [-0.3, -0.25) is 9.59 Å². The van der Waals surface area contributed by atoms with Gasteiger partial charge in [-0.25, -0.2) is 0 Å². The third-order valence-electron chi connectivity index (χ3n) is 4.62. The molecule has 6 nitrogen and oxygen atoms in total. The number of carbonyl (C=O) groups excluding carboxylic acids is 2. The zero-order valence-corrected chi connectivity index (χ0v) is 14.9. The minimum absolute atomic E-state index is 0.0364. The van der Waals surface area contributed by atoms with Crippen LogP contribution in [0.25, 0.3) is 0 Å². The number of nitriles is 2. The Hall–Kier alpha value is -2.86. The van der Waals surface area contributed by atoms with Crippen molar-refractivity contribution in [1.82, 2.24) is 9.80 Å². The van der Waals surface area contributed by atoms with Crippen LogP contribution in [0.4, 0.5) is 0 Å². The van der Waals surface area contributed by atoms with Gasteiger partial charge in [0.15, 0.2) is 0 Å². The first kappa shape index (κ1) is 19.5. The van der Waals surface area contributed by atoms with Gasteiger partial charge in [0.05, 0.1) is 37.3 Å². The van der Waals surface area contributed by atoms with E-state index in [1.807, 2.05) is 42.5 Å². The summed E-state index contributed by atoms with van der Waals surface area (Å²) in [5.74, 6) is -0.261. The lowest BCUT2D eigenvalue weighted by molar-refractivity contribution is -0.140. The predicted octanol–water partition coefficient (Wildman–Crippen LogP) is 2.12. The molecule has 0 bridgehead atoms. The molecule has 1 aromatic carbocycles. The summed E-state index contributed by atoms with van der Waals surface area (Å²) in [4.78, 5) is 28.7. The Labute approximate surface area is 154 Å². The summed E-state index contributed by atoms with van der Waals surface area (Å²) in [6.45, 7) is 1.77. The van der Waals surface area contributed by atoms with Crippen molar-refractivity contribution in [3.8, 4) is 12.1 Å². The molecule has 1 aliphatic heterocycles. The van der Waals surface area contributed by atoms with E-state index in [1.54, 1.807) is 9.80 Å². The Morgan fingerprint density at radius 1 is 1.12 bits per heavy atom. The first-order valence-electron chi connectivity index (χ1n) is 9.00. The molecule has 1 aliphatic rings. The average molecular weight is 352 g/mol. The maximum Gasteiger partial charge on any atom is 0.227 e. The minimum Gasteiger partial charge on any atom is -0.342 e. The van der Waals surface area contributed by atoms with Gasteiger partial charge in [0.1, 0.15) is 0 Å². The monoisotopic (exact) mass is 352 g/mol. The summed E-state index contributed by atoms with van der Waals surface area (Å²) in [6.07, 6.45) is 2.38. The molecule has 136 valence electrons. The van der Waals surface area contributed by atoms with Gasteiger partial charge in [-0.2, -0.15) is 10.5 Å². The molecule has 1 unspecified atom stereocenters. The van der Waals surface area contributed by atoms with Crippen LogP contribution in [0.5, 0.6) is 0 Å². The van der Waals surface area contributed by atoms with Crippen LogP contribution in [-0.2, 0) is 16.0 Å². The van der Waals surface area contributed by atoms with Crippen molar-refractivity contribution in [2.75, 3.05) is 26.2 Å². The molecule has 2 amide bonds. The third-order valence-corrected chi connectivity index (χ3v) is 4.62. The number of hydrogen-bond acceptors (Lipinski definition) is 4. The molecule has 0 N–H and O–H groups in total. The maximum atomic E-state index is 12.8. The molecular formula is C20H24N4O2. The highest BCUT2D eigenvalue weighted by molar-refractivity contribution is 5.82. The van der Waals surface area contributed by atoms with E-state index in [0.29, 0.717) is 32.6 Å². The van der Waals surface area contributed by atoms with E-state index in [0.717, 1.165) is 18.4 Å². The van der Waals surface area contributed by atoms with E-state index in [2.05, 4.69) is 0 Å². The molecule has 0 spiro atoms. The quantitative estimate of drug-likeness (QED) is 0.752. The van der Waals surface area contributed by atoms with Crippen LogP contribution < -0.4 is 0 Å². The fraction of sp³-hybridized carbons (Fsp3) is 0.500. The Balaban J connectivity index is 1.96. The SMILES string of the molecule is N#CCCN(CCC#N)C(=O)C1CCCN(C(=O)Cc2ccccc2)C1. The second-order valence-electron chi connectivity index (χ2n) is 6.48. The van der Waals surface area contributed by atoms with Gasteiger partial charge >= 0.3 is 0 Å². The normalized spacial score (nSPS) is 16.4. The van der Waals surface area contributed by atoms with Gasteiger partial charge in [-0.05, 0) is 18.4 Å². The van der Waals surface area contributed by atoms with Gasteiger partial charge in [-0.15, -0.1) is 0 Å². The lowest BCUT2D eigenvalue weighted by atomic mass is 9.95. The molecular weight excluding hydrogens is 328 g/mol. The molecule has 1 atom stereocenters. The van der Waals surface area contributed by atoms with Crippen molar-refractivity contribution in [2.24, 2.45) is 5.92 Å². The van der Waals surface area contributed by atoms with E-state index >= 15 is 0 Å². The van der Waals surface area contributed by atoms with Crippen LogP contribution in [-0.4, -0.2) is 47.8 Å². The summed E-state index contributed by atoms with van der Waals surface area (Å²) in [7, 11) is 0. The predicted molar refractivity (Wildman–Crippen MR) is 96.5 cm³/mol. The highest BCUT2D eigenvalue weighted by Gasteiger charge is 2.31. The van der Waals surface area contributed by atoms with Gasteiger partial charge < -0.3 is 9.80 Å². The van der Waals surface area contributed by atoms with Crippen molar-refractivity contribution in [3.05, 3.63) is 35.9 Å². The second kappa shape index (κ2) is 10.2. The number of nitrogens with zero attached hydrogens (tertiary/aromatic N) is 4. The summed E-state index contributed by atoms with van der Waals surface area (Å²) in [6, 6.07) is 13.7. The van der Waals surface area contributed by atoms with E-state index < -0.39 is 0 Å². The van der Waals surface area contributed by atoms with E-state index in [1.165, 1.54) is 0 Å². The zero-order valence-electron chi connectivity index (χ0n) is 14.9. The number of carbonyl (C=O) groups is 2. The summed E-state index contributed by atoms with van der Waals surface area (Å²) in [5, 5.41) is 17.6. The molecule has 0 radical (unpaired) electrons. The standard InChI is InChI=1S/C20H24N4O2/c21-10-5-13-23(14-6-11-22)20(26)18-9-4-12-24(16-18)19(25)15-17-7-2-1-3-8-17/h1-3,7-8,18H,4-6,9,12-16H2. The van der Waals surface area contributed by atoms with Crippen molar-refractivity contribution in [1.29, 1.82) is 10.5 Å². The Bertz CT molecular complexity index is 672. The molecule has 0 aromatic heterocycles. The fourth-order valence-electron chi connectivity index (χ4n) is 3.25. The minimum atomic E-state index is -0.249. The lowest BCUT2D eigenvalue weighted by Crippen LogP contribution is -2.47. The van der Waals surface area contributed by atoms with Crippen LogP contribution in [0.15, 0.2) is 30.3 Å². The number of hydrogen-bond donors (Lipinski definition) is 0. The first-order chi connectivity index (χ1) is 12.7. The Morgan fingerprint density at radius 2 is 1.77 bits per heavy atom. The second-order valence-corrected chi connectivity index (χ2v) is 6.48. The van der Waals surface area contributed by atoms with Crippen LogP contribution in [0, 0.1) is 28.6 Å². The molecule has 0 aliphatic carbocycles. The van der Waals surface area contributed by atoms with E-state index in [4.69, 9.17) is 10.5 Å². The average Bonchev–Trinajstić information content (AvgIpc) is 2.68. The number of likely N-dealkylation sites (tertiary alicyclic amines) is 1. The highest BCUT2D eigenvalue weighted by atomic mass is 16.2. The van der Waals surface area contributed by atoms with Crippen LogP contribution in [0.1, 0.15) is 31.2 Å². The largest absolute Gasteiger partial charge is 0.342 e. The van der Waals surface area contributed by atoms with Crippen molar-refractivity contribution < 1.29 is 9.59 Å². The summed E-state index contributed by atoms with van der Waals surface area (Å²) in [5.41, 5.74) is 0.968. The molecule has 1 fully saturated rings. The molecule has 1 heterocycles.